The van der Waals surface area contributed by atoms with Crippen molar-refractivity contribution in [2.75, 3.05) is 38.1 Å². The zero-order valence-electron chi connectivity index (χ0n) is 21.6. The van der Waals surface area contributed by atoms with Gasteiger partial charge in [0.1, 0.15) is 5.82 Å². The summed E-state index contributed by atoms with van der Waals surface area (Å²) >= 11 is 6.50. The minimum atomic E-state index is -0.103. The number of likely N-dealkylation sites (N-methyl/N-ethyl adjacent to an activating group) is 1. The van der Waals surface area contributed by atoms with E-state index in [0.29, 0.717) is 17.3 Å². The summed E-state index contributed by atoms with van der Waals surface area (Å²) in [5.74, 6) is 3.20. The van der Waals surface area contributed by atoms with Crippen LogP contribution in [0.4, 0.5) is 5.82 Å². The Morgan fingerprint density at radius 3 is 2.50 bits per heavy atom. The minimum absolute atomic E-state index is 0.103. The van der Waals surface area contributed by atoms with Gasteiger partial charge in [-0.05, 0) is 41.9 Å². The van der Waals surface area contributed by atoms with Crippen molar-refractivity contribution in [3.05, 3.63) is 107 Å². The summed E-state index contributed by atoms with van der Waals surface area (Å²) < 4.78 is 2.06. The smallest absolute Gasteiger partial charge is 0.153 e. The van der Waals surface area contributed by atoms with E-state index >= 15 is 0 Å². The number of hydrogen-bond donors (Lipinski definition) is 0. The first-order valence-corrected chi connectivity index (χ1v) is 13.4. The second-order valence-electron chi connectivity index (χ2n) is 10.0. The maximum atomic E-state index is 12.8. The minimum Gasteiger partial charge on any atom is -0.366 e. The highest BCUT2D eigenvalue weighted by Gasteiger charge is 2.41. The van der Waals surface area contributed by atoms with E-state index in [1.54, 1.807) is 6.33 Å². The van der Waals surface area contributed by atoms with Crippen molar-refractivity contribution in [2.45, 2.75) is 19.5 Å². The van der Waals surface area contributed by atoms with E-state index in [0.717, 1.165) is 54.4 Å². The number of rotatable bonds is 5. The predicted octanol–water partition coefficient (Wildman–Crippen LogP) is 5.32. The number of carbonyl (C=O) groups excluding carboxylic acids is 1. The van der Waals surface area contributed by atoms with Crippen molar-refractivity contribution in [1.82, 2.24) is 19.4 Å². The first kappa shape index (κ1) is 24.5. The monoisotopic (exact) mass is 523 g/mol. The number of aromatic nitrogens is 2. The lowest BCUT2D eigenvalue weighted by atomic mass is 9.93. The molecule has 1 unspecified atom stereocenters. The largest absolute Gasteiger partial charge is 0.366 e. The lowest BCUT2D eigenvalue weighted by Gasteiger charge is -2.35. The van der Waals surface area contributed by atoms with Crippen molar-refractivity contribution >= 4 is 39.7 Å². The van der Waals surface area contributed by atoms with E-state index in [1.807, 2.05) is 30.5 Å². The highest BCUT2D eigenvalue weighted by molar-refractivity contribution is 6.31. The fourth-order valence-corrected chi connectivity index (χ4v) is 5.98. The Morgan fingerprint density at radius 1 is 0.974 bits per heavy atom. The lowest BCUT2D eigenvalue weighted by Crippen LogP contribution is -2.44. The van der Waals surface area contributed by atoms with Crippen LogP contribution in [0.5, 0.6) is 0 Å². The predicted molar refractivity (Wildman–Crippen MR) is 154 cm³/mol. The Morgan fingerprint density at radius 2 is 1.71 bits per heavy atom. The number of anilines is 1. The lowest BCUT2D eigenvalue weighted by molar-refractivity contribution is 0.190. The third-order valence-electron chi connectivity index (χ3n) is 7.76. The van der Waals surface area contributed by atoms with Crippen molar-refractivity contribution < 1.29 is 4.79 Å². The van der Waals surface area contributed by atoms with Crippen LogP contribution in [0.15, 0.2) is 90.6 Å². The Labute approximate surface area is 228 Å². The molecule has 2 aliphatic heterocycles. The average molecular weight is 524 g/mol. The molecule has 3 aromatic carbocycles. The van der Waals surface area contributed by atoms with Gasteiger partial charge < -0.3 is 19.3 Å². The quantitative estimate of drug-likeness (QED) is 0.331. The summed E-state index contributed by atoms with van der Waals surface area (Å²) in [6.45, 7) is 6.31. The summed E-state index contributed by atoms with van der Waals surface area (Å²) in [4.78, 5) is 24.1. The van der Waals surface area contributed by atoms with Gasteiger partial charge >= 0.3 is 0 Å². The van der Waals surface area contributed by atoms with Gasteiger partial charge in [0.25, 0.3) is 0 Å². The van der Waals surface area contributed by atoms with Gasteiger partial charge in [0, 0.05) is 36.8 Å². The Balaban J connectivity index is 1.50. The maximum Gasteiger partial charge on any atom is 0.153 e. The fraction of sp³-hybridized carbons (Fsp3) is 0.258. The Kier molecular flexibility index (Phi) is 6.54. The summed E-state index contributed by atoms with van der Waals surface area (Å²) in [6.07, 6.45) is 3.64. The van der Waals surface area contributed by atoms with Crippen LogP contribution in [-0.4, -0.2) is 64.6 Å². The normalized spacial score (nSPS) is 18.5. The molecule has 0 aliphatic carbocycles. The summed E-state index contributed by atoms with van der Waals surface area (Å²) in [5, 5.41) is 3.07. The number of imidazole rings is 1. The Hall–Kier alpha value is -3.83. The third kappa shape index (κ3) is 4.21. The topological polar surface area (TPSA) is 44.6 Å². The van der Waals surface area contributed by atoms with Gasteiger partial charge in [-0.3, -0.25) is 0 Å². The van der Waals surface area contributed by atoms with Crippen LogP contribution < -0.4 is 4.90 Å². The number of hydrogen-bond acceptors (Lipinski definition) is 5. The van der Waals surface area contributed by atoms with Crippen molar-refractivity contribution in [1.29, 1.82) is 0 Å². The number of piperazine rings is 1. The van der Waals surface area contributed by atoms with E-state index in [9.17, 15) is 4.79 Å². The highest BCUT2D eigenvalue weighted by atomic mass is 35.5. The van der Waals surface area contributed by atoms with E-state index in [-0.39, 0.29) is 6.04 Å². The van der Waals surface area contributed by atoms with Gasteiger partial charge in [-0.15, -0.1) is 0 Å². The van der Waals surface area contributed by atoms with E-state index < -0.39 is 0 Å². The molecule has 2 aliphatic rings. The van der Waals surface area contributed by atoms with Crippen molar-refractivity contribution in [2.24, 2.45) is 0 Å². The molecule has 0 bridgehead atoms. The molecule has 192 valence electrons. The molecule has 0 amide bonds. The first-order chi connectivity index (χ1) is 18.6. The maximum absolute atomic E-state index is 12.8. The second-order valence-corrected chi connectivity index (χ2v) is 10.5. The van der Waals surface area contributed by atoms with Gasteiger partial charge in [-0.1, -0.05) is 72.3 Å². The van der Waals surface area contributed by atoms with E-state index in [1.165, 1.54) is 10.8 Å². The molecule has 1 saturated heterocycles. The van der Waals surface area contributed by atoms with Crippen molar-refractivity contribution in [3.8, 4) is 0 Å². The zero-order chi connectivity index (χ0) is 26.2. The third-order valence-corrected chi connectivity index (χ3v) is 8.13. The van der Waals surface area contributed by atoms with Crippen LogP contribution >= 0.6 is 11.6 Å². The second kappa shape index (κ2) is 10.1. The molecule has 1 atom stereocenters. The molecule has 7 heteroatoms. The molecule has 0 radical (unpaired) electrons. The van der Waals surface area contributed by atoms with E-state index in [4.69, 9.17) is 11.6 Å². The molecule has 0 saturated carbocycles. The average Bonchev–Trinajstić information content (AvgIpc) is 3.51. The number of fused-ring (bicyclic) bond motifs is 1. The molecule has 4 aromatic rings. The molecule has 3 heterocycles. The molecule has 1 fully saturated rings. The van der Waals surface area contributed by atoms with E-state index in [2.05, 4.69) is 86.6 Å². The van der Waals surface area contributed by atoms with Crippen molar-refractivity contribution in [3.63, 3.8) is 0 Å². The molecule has 38 heavy (non-hydrogen) atoms. The number of nitrogens with zero attached hydrogens (tertiary/aromatic N) is 5. The number of benzene rings is 3. The Bertz CT molecular complexity index is 1570. The van der Waals surface area contributed by atoms with Gasteiger partial charge in [0.2, 0.25) is 0 Å². The molecular formula is C31H30ClN5O. The van der Waals surface area contributed by atoms with Gasteiger partial charge in [0.05, 0.1) is 30.8 Å². The number of halogens is 1. The van der Waals surface area contributed by atoms with Crippen LogP contribution in [0.1, 0.15) is 18.1 Å². The molecule has 6 nitrogen and oxygen atoms in total. The summed E-state index contributed by atoms with van der Waals surface area (Å²) in [6, 6.07) is 22.6. The van der Waals surface area contributed by atoms with Crippen LogP contribution in [0.25, 0.3) is 16.3 Å². The molecular weight excluding hydrogens is 494 g/mol. The van der Waals surface area contributed by atoms with Crippen LogP contribution in [0.2, 0.25) is 5.02 Å². The summed E-state index contributed by atoms with van der Waals surface area (Å²) in [5.41, 5.74) is 4.83. The highest BCUT2D eigenvalue weighted by Crippen LogP contribution is 2.44. The fourth-order valence-electron chi connectivity index (χ4n) is 5.78. The summed E-state index contributed by atoms with van der Waals surface area (Å²) in [7, 11) is 2.14. The molecule has 0 spiro atoms. The molecule has 0 N–H and O–H groups in total. The molecule has 6 rings (SSSR count). The molecule has 1 aromatic heterocycles. The SMILES string of the molecule is CC1C(c2cccc3ccccc23)=C(N2CCN(C)CC2)C(=C=O)N1c1cncn1Cc1ccccc1Cl. The zero-order valence-corrected chi connectivity index (χ0v) is 22.4. The van der Waals surface area contributed by atoms with Crippen LogP contribution in [0, 0.1) is 0 Å². The van der Waals surface area contributed by atoms with Gasteiger partial charge in [-0.25, -0.2) is 9.78 Å². The van der Waals surface area contributed by atoms with Gasteiger partial charge in [-0.2, -0.15) is 0 Å². The standard InChI is InChI=1S/C31H30ClN5O/c1-22-30(26-12-7-10-23-8-3-5-11-25(23)26)31(35-16-14-34(2)15-17-35)28(20-38)37(22)29-18-33-21-36(29)19-24-9-4-6-13-27(24)32/h3-13,18,21-22H,14-17,19H2,1-2H3. The first-order valence-electron chi connectivity index (χ1n) is 13.0. The van der Waals surface area contributed by atoms with Crippen LogP contribution in [0.3, 0.4) is 0 Å². The van der Waals surface area contributed by atoms with Gasteiger partial charge in [0.15, 0.2) is 11.6 Å². The van der Waals surface area contributed by atoms with Crippen LogP contribution in [-0.2, 0) is 11.3 Å².